The number of hydrogen-bond acceptors (Lipinski definition) is 4. The average Bonchev–Trinajstić information content (AvgIpc) is 2.89. The first kappa shape index (κ1) is 12.8. The van der Waals surface area contributed by atoms with Crippen LogP contribution in [0.2, 0.25) is 0 Å². The minimum atomic E-state index is -0.412. The van der Waals surface area contributed by atoms with E-state index in [1.807, 2.05) is 12.1 Å². The topological polar surface area (TPSA) is 67.9 Å². The number of nitrogens with one attached hydrogen (secondary N) is 1. The van der Waals surface area contributed by atoms with E-state index in [0.717, 1.165) is 5.56 Å². The van der Waals surface area contributed by atoms with Gasteiger partial charge in [-0.25, -0.2) is 0 Å². The summed E-state index contributed by atoms with van der Waals surface area (Å²) in [5.74, 6) is 1.22. The molecule has 0 radical (unpaired) electrons. The molecular formula is C14H16N2O4. The second-order valence-corrected chi connectivity index (χ2v) is 4.92. The van der Waals surface area contributed by atoms with Crippen molar-refractivity contribution in [3.05, 3.63) is 23.8 Å². The zero-order valence-corrected chi connectivity index (χ0v) is 11.2. The average molecular weight is 276 g/mol. The van der Waals surface area contributed by atoms with Crippen LogP contribution in [0.25, 0.3) is 0 Å². The van der Waals surface area contributed by atoms with Gasteiger partial charge in [0.05, 0.1) is 6.42 Å². The van der Waals surface area contributed by atoms with Crippen LogP contribution in [0.5, 0.6) is 11.5 Å². The lowest BCUT2D eigenvalue weighted by atomic mass is 10.1. The standard InChI is InChI=1S/C14H16N2O4/c1-9-14(18)15-4-5-16(9)13(17)7-10-2-3-11-12(6-10)20-8-19-11/h2-3,6,9H,4-5,7-8H2,1H3,(H,15,18)/t9-/m0/s1. The number of fused-ring (bicyclic) bond motifs is 1. The van der Waals surface area contributed by atoms with E-state index in [2.05, 4.69) is 5.32 Å². The van der Waals surface area contributed by atoms with Gasteiger partial charge in [0, 0.05) is 13.1 Å². The fourth-order valence-electron chi connectivity index (χ4n) is 2.45. The molecule has 2 heterocycles. The van der Waals surface area contributed by atoms with Crippen LogP contribution in [0.4, 0.5) is 0 Å². The molecular weight excluding hydrogens is 260 g/mol. The molecule has 3 rings (SSSR count). The number of benzene rings is 1. The summed E-state index contributed by atoms with van der Waals surface area (Å²) in [7, 11) is 0. The van der Waals surface area contributed by atoms with E-state index in [9.17, 15) is 9.59 Å². The lowest BCUT2D eigenvalue weighted by Crippen LogP contribution is -2.56. The second-order valence-electron chi connectivity index (χ2n) is 4.92. The third kappa shape index (κ3) is 2.29. The summed E-state index contributed by atoms with van der Waals surface area (Å²) < 4.78 is 10.5. The number of carbonyl (C=O) groups is 2. The summed E-state index contributed by atoms with van der Waals surface area (Å²) in [4.78, 5) is 25.5. The number of nitrogens with zero attached hydrogens (tertiary/aromatic N) is 1. The van der Waals surface area contributed by atoms with Crippen molar-refractivity contribution < 1.29 is 19.1 Å². The Labute approximate surface area is 116 Å². The molecule has 1 atom stereocenters. The Hall–Kier alpha value is -2.24. The van der Waals surface area contributed by atoms with E-state index < -0.39 is 6.04 Å². The van der Waals surface area contributed by atoms with Crippen LogP contribution in [0.15, 0.2) is 18.2 Å². The Morgan fingerprint density at radius 3 is 3.05 bits per heavy atom. The maximum absolute atomic E-state index is 12.3. The molecule has 1 aromatic rings. The van der Waals surface area contributed by atoms with Gasteiger partial charge in [0.1, 0.15) is 6.04 Å². The Morgan fingerprint density at radius 1 is 1.40 bits per heavy atom. The minimum absolute atomic E-state index is 0.0498. The molecule has 1 saturated heterocycles. The van der Waals surface area contributed by atoms with Gasteiger partial charge in [0.2, 0.25) is 18.6 Å². The zero-order chi connectivity index (χ0) is 14.1. The fraction of sp³-hybridized carbons (Fsp3) is 0.429. The molecule has 1 fully saturated rings. The van der Waals surface area contributed by atoms with Crippen molar-refractivity contribution >= 4 is 11.8 Å². The van der Waals surface area contributed by atoms with Gasteiger partial charge in [-0.1, -0.05) is 6.07 Å². The third-order valence-electron chi connectivity index (χ3n) is 3.61. The van der Waals surface area contributed by atoms with Crippen molar-refractivity contribution in [2.45, 2.75) is 19.4 Å². The third-order valence-corrected chi connectivity index (χ3v) is 3.61. The maximum Gasteiger partial charge on any atom is 0.242 e. The van der Waals surface area contributed by atoms with Crippen molar-refractivity contribution in [2.24, 2.45) is 0 Å². The number of carbonyl (C=O) groups excluding carboxylic acids is 2. The van der Waals surface area contributed by atoms with E-state index in [-0.39, 0.29) is 25.0 Å². The maximum atomic E-state index is 12.3. The first-order chi connectivity index (χ1) is 9.65. The largest absolute Gasteiger partial charge is 0.454 e. The highest BCUT2D eigenvalue weighted by Crippen LogP contribution is 2.32. The Morgan fingerprint density at radius 2 is 2.20 bits per heavy atom. The van der Waals surface area contributed by atoms with Gasteiger partial charge >= 0.3 is 0 Å². The molecule has 6 heteroatoms. The summed E-state index contributed by atoms with van der Waals surface area (Å²) in [6.45, 7) is 3.02. The van der Waals surface area contributed by atoms with E-state index in [0.29, 0.717) is 24.6 Å². The molecule has 2 aliphatic heterocycles. The van der Waals surface area contributed by atoms with Crippen molar-refractivity contribution in [2.75, 3.05) is 19.9 Å². The molecule has 2 amide bonds. The lowest BCUT2D eigenvalue weighted by Gasteiger charge is -2.32. The number of ether oxygens (including phenoxy) is 2. The van der Waals surface area contributed by atoms with E-state index >= 15 is 0 Å². The Balaban J connectivity index is 1.71. The molecule has 0 aromatic heterocycles. The first-order valence-corrected chi connectivity index (χ1v) is 6.61. The second kappa shape index (κ2) is 5.03. The highest BCUT2D eigenvalue weighted by Gasteiger charge is 2.29. The van der Waals surface area contributed by atoms with Gasteiger partial charge in [-0.15, -0.1) is 0 Å². The minimum Gasteiger partial charge on any atom is -0.454 e. The summed E-state index contributed by atoms with van der Waals surface area (Å²) >= 11 is 0. The number of hydrogen-bond donors (Lipinski definition) is 1. The predicted octanol–water partition coefficient (Wildman–Crippen LogP) is 0.305. The summed E-state index contributed by atoms with van der Waals surface area (Å²) in [5, 5.41) is 2.75. The molecule has 6 nitrogen and oxygen atoms in total. The number of rotatable bonds is 2. The van der Waals surface area contributed by atoms with Crippen molar-refractivity contribution in [3.8, 4) is 11.5 Å². The van der Waals surface area contributed by atoms with Crippen LogP contribution in [0.1, 0.15) is 12.5 Å². The molecule has 0 saturated carbocycles. The molecule has 1 N–H and O–H groups in total. The van der Waals surface area contributed by atoms with E-state index in [4.69, 9.17) is 9.47 Å². The highest BCUT2D eigenvalue weighted by molar-refractivity contribution is 5.89. The van der Waals surface area contributed by atoms with Crippen LogP contribution >= 0.6 is 0 Å². The smallest absolute Gasteiger partial charge is 0.242 e. The summed E-state index contributed by atoms with van der Waals surface area (Å²) in [6.07, 6.45) is 0.258. The van der Waals surface area contributed by atoms with Gasteiger partial charge in [0.25, 0.3) is 0 Å². The molecule has 1 aromatic carbocycles. The van der Waals surface area contributed by atoms with Crippen molar-refractivity contribution in [1.29, 1.82) is 0 Å². The Bertz CT molecular complexity index is 558. The van der Waals surface area contributed by atoms with Crippen LogP contribution < -0.4 is 14.8 Å². The predicted molar refractivity (Wildman–Crippen MR) is 70.5 cm³/mol. The molecule has 2 aliphatic rings. The highest BCUT2D eigenvalue weighted by atomic mass is 16.7. The van der Waals surface area contributed by atoms with Gasteiger partial charge in [-0.05, 0) is 24.6 Å². The van der Waals surface area contributed by atoms with Crippen LogP contribution in [-0.2, 0) is 16.0 Å². The fourth-order valence-corrected chi connectivity index (χ4v) is 2.45. The molecule has 106 valence electrons. The molecule has 0 spiro atoms. The summed E-state index contributed by atoms with van der Waals surface area (Å²) in [6, 6.07) is 5.05. The number of piperazine rings is 1. The van der Waals surface area contributed by atoms with Crippen molar-refractivity contribution in [1.82, 2.24) is 10.2 Å². The Kier molecular flexibility index (Phi) is 3.22. The van der Waals surface area contributed by atoms with Gasteiger partial charge in [0.15, 0.2) is 11.5 Å². The summed E-state index contributed by atoms with van der Waals surface area (Å²) in [5.41, 5.74) is 0.859. The molecule has 0 aliphatic carbocycles. The van der Waals surface area contributed by atoms with Crippen LogP contribution in [0, 0.1) is 0 Å². The van der Waals surface area contributed by atoms with Gasteiger partial charge in [-0.3, -0.25) is 9.59 Å². The van der Waals surface area contributed by atoms with E-state index in [1.165, 1.54) is 0 Å². The zero-order valence-electron chi connectivity index (χ0n) is 11.2. The SMILES string of the molecule is C[C@H]1C(=O)NCCN1C(=O)Cc1ccc2c(c1)OCO2. The molecule has 0 bridgehead atoms. The molecule has 0 unspecified atom stereocenters. The first-order valence-electron chi connectivity index (χ1n) is 6.61. The van der Waals surface area contributed by atoms with E-state index in [1.54, 1.807) is 17.9 Å². The quantitative estimate of drug-likeness (QED) is 0.844. The van der Waals surface area contributed by atoms with Crippen molar-refractivity contribution in [3.63, 3.8) is 0 Å². The number of amides is 2. The van der Waals surface area contributed by atoms with Crippen LogP contribution in [-0.4, -0.2) is 42.6 Å². The van der Waals surface area contributed by atoms with Gasteiger partial charge in [-0.2, -0.15) is 0 Å². The van der Waals surface area contributed by atoms with Crippen LogP contribution in [0.3, 0.4) is 0 Å². The van der Waals surface area contributed by atoms with Gasteiger partial charge < -0.3 is 19.7 Å². The normalized spacial score (nSPS) is 20.8. The monoisotopic (exact) mass is 276 g/mol. The lowest BCUT2D eigenvalue weighted by molar-refractivity contribution is -0.142. The molecule has 20 heavy (non-hydrogen) atoms.